The number of benzene rings is 1. The van der Waals surface area contributed by atoms with Gasteiger partial charge >= 0.3 is 0 Å². The molecule has 1 fully saturated rings. The number of piperidine rings is 1. The molecule has 130 valence electrons. The molecule has 1 aromatic carbocycles. The molecular formula is C16H22N4O4. The summed E-state index contributed by atoms with van der Waals surface area (Å²) in [6, 6.07) is 6.07. The predicted octanol–water partition coefficient (Wildman–Crippen LogP) is 0.451. The molecule has 24 heavy (non-hydrogen) atoms. The zero-order chi connectivity index (χ0) is 17.5. The number of nitro groups is 1. The number of carbonyl (C=O) groups excluding carboxylic acids is 2. The zero-order valence-corrected chi connectivity index (χ0v) is 13.4. The number of non-ortho nitro benzene ring substituents is 1. The van der Waals surface area contributed by atoms with Crippen molar-refractivity contribution in [2.75, 3.05) is 26.2 Å². The first-order valence-electron chi connectivity index (χ1n) is 8.00. The number of rotatable bonds is 6. The molecule has 0 bridgehead atoms. The van der Waals surface area contributed by atoms with E-state index in [0.29, 0.717) is 31.7 Å². The fourth-order valence-electron chi connectivity index (χ4n) is 2.82. The third kappa shape index (κ3) is 4.76. The summed E-state index contributed by atoms with van der Waals surface area (Å²) in [5.41, 5.74) is 5.95. The number of nitrogens with zero attached hydrogens (tertiary/aromatic N) is 2. The molecule has 1 aliphatic heterocycles. The summed E-state index contributed by atoms with van der Waals surface area (Å²) in [5.74, 6) is -0.417. The van der Waals surface area contributed by atoms with Crippen molar-refractivity contribution >= 4 is 17.5 Å². The van der Waals surface area contributed by atoms with Gasteiger partial charge in [-0.1, -0.05) is 12.1 Å². The van der Waals surface area contributed by atoms with Crippen molar-refractivity contribution in [3.63, 3.8) is 0 Å². The number of hydrogen-bond donors (Lipinski definition) is 2. The van der Waals surface area contributed by atoms with Gasteiger partial charge in [0.1, 0.15) is 0 Å². The molecule has 8 nitrogen and oxygen atoms in total. The lowest BCUT2D eigenvalue weighted by atomic mass is 9.96. The van der Waals surface area contributed by atoms with Gasteiger partial charge in [0.2, 0.25) is 11.8 Å². The average Bonchev–Trinajstić information content (AvgIpc) is 2.60. The third-order valence-electron chi connectivity index (χ3n) is 4.07. The molecule has 8 heteroatoms. The molecule has 3 N–H and O–H groups in total. The predicted molar refractivity (Wildman–Crippen MR) is 88.2 cm³/mol. The Morgan fingerprint density at radius 3 is 2.92 bits per heavy atom. The number of carbonyl (C=O) groups is 2. The van der Waals surface area contributed by atoms with Crippen molar-refractivity contribution < 1.29 is 14.5 Å². The van der Waals surface area contributed by atoms with Crippen molar-refractivity contribution in [2.45, 2.75) is 19.3 Å². The van der Waals surface area contributed by atoms with Crippen LogP contribution >= 0.6 is 0 Å². The van der Waals surface area contributed by atoms with E-state index in [1.807, 2.05) is 0 Å². The summed E-state index contributed by atoms with van der Waals surface area (Å²) in [4.78, 5) is 36.4. The van der Waals surface area contributed by atoms with E-state index in [0.717, 1.165) is 12.8 Å². The van der Waals surface area contributed by atoms with Gasteiger partial charge < -0.3 is 16.0 Å². The van der Waals surface area contributed by atoms with Crippen LogP contribution in [0.1, 0.15) is 18.4 Å². The summed E-state index contributed by atoms with van der Waals surface area (Å²) in [5, 5.41) is 13.6. The third-order valence-corrected chi connectivity index (χ3v) is 4.07. The highest BCUT2D eigenvalue weighted by Gasteiger charge is 2.28. The minimum Gasteiger partial charge on any atom is -0.355 e. The second-order valence-electron chi connectivity index (χ2n) is 5.86. The second-order valence-corrected chi connectivity index (χ2v) is 5.86. The van der Waals surface area contributed by atoms with E-state index >= 15 is 0 Å². The van der Waals surface area contributed by atoms with E-state index < -0.39 is 4.92 Å². The molecule has 1 heterocycles. The molecule has 1 saturated heterocycles. The van der Waals surface area contributed by atoms with Crippen LogP contribution in [0.4, 0.5) is 5.69 Å². The van der Waals surface area contributed by atoms with Gasteiger partial charge in [-0.15, -0.1) is 0 Å². The highest BCUT2D eigenvalue weighted by molar-refractivity contribution is 5.82. The topological polar surface area (TPSA) is 119 Å². The summed E-state index contributed by atoms with van der Waals surface area (Å²) in [6.07, 6.45) is 1.61. The van der Waals surface area contributed by atoms with E-state index in [1.165, 1.54) is 12.1 Å². The Hall–Kier alpha value is -2.48. The van der Waals surface area contributed by atoms with Crippen LogP contribution in [0.5, 0.6) is 0 Å². The molecule has 1 atom stereocenters. The minimum absolute atomic E-state index is 0.0296. The lowest BCUT2D eigenvalue weighted by Crippen LogP contribution is -2.46. The molecule has 0 aromatic heterocycles. The molecule has 1 aliphatic rings. The van der Waals surface area contributed by atoms with E-state index in [4.69, 9.17) is 5.73 Å². The van der Waals surface area contributed by atoms with E-state index in [2.05, 4.69) is 5.32 Å². The van der Waals surface area contributed by atoms with Crippen LogP contribution in [0.2, 0.25) is 0 Å². The number of nitro benzene ring substituents is 1. The Kier molecular flexibility index (Phi) is 6.25. The molecule has 1 unspecified atom stereocenters. The zero-order valence-electron chi connectivity index (χ0n) is 13.4. The van der Waals surface area contributed by atoms with Crippen molar-refractivity contribution in [3.05, 3.63) is 39.9 Å². The number of hydrogen-bond acceptors (Lipinski definition) is 5. The Balaban J connectivity index is 1.95. The first-order chi connectivity index (χ1) is 11.5. The fourth-order valence-corrected chi connectivity index (χ4v) is 2.82. The molecular weight excluding hydrogens is 312 g/mol. The Bertz CT molecular complexity index is 620. The fraction of sp³-hybridized carbons (Fsp3) is 0.500. The van der Waals surface area contributed by atoms with Crippen molar-refractivity contribution in [2.24, 2.45) is 11.7 Å². The number of nitrogens with two attached hydrogens (primary N) is 1. The van der Waals surface area contributed by atoms with E-state index in [1.54, 1.807) is 17.0 Å². The standard InChI is InChI=1S/C16H22N4O4/c17-6-7-18-16(22)13-4-2-8-19(11-13)15(21)10-12-3-1-5-14(9-12)20(23)24/h1,3,5,9,13H,2,4,6-8,10-11,17H2,(H,18,22). The summed E-state index contributed by atoms with van der Waals surface area (Å²) < 4.78 is 0. The normalized spacial score (nSPS) is 17.4. The van der Waals surface area contributed by atoms with Crippen LogP contribution in [0.25, 0.3) is 0 Å². The van der Waals surface area contributed by atoms with Crippen LogP contribution in [-0.2, 0) is 16.0 Å². The van der Waals surface area contributed by atoms with Gasteiger partial charge in [0.25, 0.3) is 5.69 Å². The average molecular weight is 334 g/mol. The summed E-state index contributed by atoms with van der Waals surface area (Å²) >= 11 is 0. The van der Waals surface area contributed by atoms with Crippen LogP contribution < -0.4 is 11.1 Å². The highest BCUT2D eigenvalue weighted by atomic mass is 16.6. The van der Waals surface area contributed by atoms with Crippen LogP contribution in [0.15, 0.2) is 24.3 Å². The van der Waals surface area contributed by atoms with Crippen molar-refractivity contribution in [1.29, 1.82) is 0 Å². The number of nitrogens with one attached hydrogen (secondary N) is 1. The van der Waals surface area contributed by atoms with Gasteiger partial charge in [0.15, 0.2) is 0 Å². The van der Waals surface area contributed by atoms with Gasteiger partial charge in [-0.05, 0) is 18.4 Å². The largest absolute Gasteiger partial charge is 0.355 e. The molecule has 1 aromatic rings. The maximum absolute atomic E-state index is 12.4. The number of amides is 2. The van der Waals surface area contributed by atoms with E-state index in [9.17, 15) is 19.7 Å². The second kappa shape index (κ2) is 8.39. The molecule has 0 radical (unpaired) electrons. The molecule has 2 amide bonds. The smallest absolute Gasteiger partial charge is 0.269 e. The Morgan fingerprint density at radius 1 is 1.42 bits per heavy atom. The van der Waals surface area contributed by atoms with Gasteiger partial charge in [-0.3, -0.25) is 19.7 Å². The van der Waals surface area contributed by atoms with Gasteiger partial charge in [0, 0.05) is 38.3 Å². The highest BCUT2D eigenvalue weighted by Crippen LogP contribution is 2.19. The van der Waals surface area contributed by atoms with Crippen molar-refractivity contribution in [3.8, 4) is 0 Å². The van der Waals surface area contributed by atoms with Gasteiger partial charge in [-0.2, -0.15) is 0 Å². The molecule has 2 rings (SSSR count). The monoisotopic (exact) mass is 334 g/mol. The maximum Gasteiger partial charge on any atom is 0.269 e. The quantitative estimate of drug-likeness (QED) is 0.578. The molecule has 0 aliphatic carbocycles. The van der Waals surface area contributed by atoms with Crippen molar-refractivity contribution in [1.82, 2.24) is 10.2 Å². The number of likely N-dealkylation sites (tertiary alicyclic amines) is 1. The Morgan fingerprint density at radius 2 is 2.21 bits per heavy atom. The van der Waals surface area contributed by atoms with Crippen LogP contribution in [0, 0.1) is 16.0 Å². The van der Waals surface area contributed by atoms with Gasteiger partial charge in [0.05, 0.1) is 17.3 Å². The minimum atomic E-state index is -0.479. The molecule has 0 saturated carbocycles. The first-order valence-corrected chi connectivity index (χ1v) is 8.00. The van der Waals surface area contributed by atoms with Crippen LogP contribution in [0.3, 0.4) is 0 Å². The summed E-state index contributed by atoms with van der Waals surface area (Å²) in [7, 11) is 0. The SMILES string of the molecule is NCCNC(=O)C1CCCN(C(=O)Cc2cccc([N+](=O)[O-])c2)C1. The summed E-state index contributed by atoms with van der Waals surface area (Å²) in [6.45, 7) is 1.80. The van der Waals surface area contributed by atoms with Crippen LogP contribution in [-0.4, -0.2) is 47.8 Å². The lowest BCUT2D eigenvalue weighted by Gasteiger charge is -2.32. The van der Waals surface area contributed by atoms with E-state index in [-0.39, 0.29) is 29.8 Å². The lowest BCUT2D eigenvalue weighted by molar-refractivity contribution is -0.384. The Labute approximate surface area is 140 Å². The van der Waals surface area contributed by atoms with Gasteiger partial charge in [-0.25, -0.2) is 0 Å². The molecule has 0 spiro atoms. The maximum atomic E-state index is 12.4. The first kappa shape index (κ1) is 17.9.